The third-order valence-electron chi connectivity index (χ3n) is 2.85. The fraction of sp³-hybridized carbons (Fsp3) is 0.375. The number of benzene rings is 1. The maximum atomic E-state index is 6.07. The van der Waals surface area contributed by atoms with Crippen molar-refractivity contribution in [2.45, 2.75) is 32.9 Å². The highest BCUT2D eigenvalue weighted by Gasteiger charge is 2.12. The van der Waals surface area contributed by atoms with Gasteiger partial charge in [0.15, 0.2) is 0 Å². The van der Waals surface area contributed by atoms with Crippen molar-refractivity contribution in [2.75, 3.05) is 11.2 Å². The molecule has 21 heavy (non-hydrogen) atoms. The summed E-state index contributed by atoms with van der Waals surface area (Å²) in [6.45, 7) is 5.85. The minimum atomic E-state index is -0.0402. The Hall–Kier alpha value is -1.81. The van der Waals surface area contributed by atoms with Gasteiger partial charge in [0.2, 0.25) is 11.8 Å². The maximum absolute atomic E-state index is 6.07. The van der Waals surface area contributed by atoms with E-state index < -0.39 is 0 Å². The lowest BCUT2D eigenvalue weighted by Gasteiger charge is -2.17. The van der Waals surface area contributed by atoms with Crippen LogP contribution in [-0.4, -0.2) is 22.0 Å². The molecule has 0 bridgehead atoms. The third-order valence-corrected chi connectivity index (χ3v) is 3.16. The molecule has 0 amide bonds. The molecular weight excluding hydrogens is 286 g/mol. The zero-order valence-electron chi connectivity index (χ0n) is 12.5. The number of rotatable bonds is 6. The minimum absolute atomic E-state index is 0.0402. The summed E-state index contributed by atoms with van der Waals surface area (Å²) in [7, 11) is 0. The lowest BCUT2D eigenvalue weighted by molar-refractivity contribution is 0.232. The van der Waals surface area contributed by atoms with Crippen LogP contribution in [0, 0.1) is 6.92 Å². The van der Waals surface area contributed by atoms with E-state index in [0.717, 1.165) is 11.3 Å². The number of halogens is 1. The van der Waals surface area contributed by atoms with Crippen LogP contribution in [0.15, 0.2) is 36.4 Å². The normalized spacial score (nSPS) is 12.2. The van der Waals surface area contributed by atoms with Gasteiger partial charge in [-0.25, -0.2) is 4.98 Å². The van der Waals surface area contributed by atoms with Gasteiger partial charge >= 0.3 is 0 Å². The Morgan fingerprint density at radius 3 is 2.52 bits per heavy atom. The summed E-state index contributed by atoms with van der Waals surface area (Å²) in [4.78, 5) is 8.78. The van der Waals surface area contributed by atoms with Crippen LogP contribution in [0.5, 0.6) is 5.88 Å². The number of hydrogen-bond donors (Lipinski definition) is 1. The summed E-state index contributed by atoms with van der Waals surface area (Å²) in [6.07, 6.45) is 0.0742. The molecule has 1 heterocycles. The van der Waals surface area contributed by atoms with Gasteiger partial charge in [0, 0.05) is 17.6 Å². The maximum Gasteiger partial charge on any atom is 0.226 e. The standard InChI is InChI=1S/C16H20ClN3O/c1-11(2)21-15-9-12(3)18-16(20-15)19-14(10-17)13-7-5-4-6-8-13/h4-9,11,14H,10H2,1-3H3,(H,18,19,20). The first-order valence-electron chi connectivity index (χ1n) is 6.98. The molecule has 0 aliphatic rings. The first kappa shape index (κ1) is 15.6. The predicted molar refractivity (Wildman–Crippen MR) is 86.1 cm³/mol. The minimum Gasteiger partial charge on any atom is -0.475 e. The molecule has 1 aromatic heterocycles. The molecule has 2 aromatic rings. The van der Waals surface area contributed by atoms with E-state index in [9.17, 15) is 0 Å². The second-order valence-electron chi connectivity index (χ2n) is 5.10. The largest absolute Gasteiger partial charge is 0.475 e. The molecule has 4 nitrogen and oxygen atoms in total. The van der Waals surface area contributed by atoms with Crippen molar-refractivity contribution in [3.05, 3.63) is 47.7 Å². The fourth-order valence-corrected chi connectivity index (χ4v) is 2.21. The van der Waals surface area contributed by atoms with E-state index in [-0.39, 0.29) is 12.1 Å². The van der Waals surface area contributed by atoms with Gasteiger partial charge in [-0.3, -0.25) is 0 Å². The van der Waals surface area contributed by atoms with Gasteiger partial charge in [-0.15, -0.1) is 11.6 Å². The summed E-state index contributed by atoms with van der Waals surface area (Å²) in [5.41, 5.74) is 1.95. The van der Waals surface area contributed by atoms with Gasteiger partial charge in [-0.1, -0.05) is 30.3 Å². The van der Waals surface area contributed by atoms with E-state index in [1.807, 2.05) is 57.2 Å². The Kier molecular flexibility index (Phi) is 5.39. The summed E-state index contributed by atoms with van der Waals surface area (Å²) in [5.74, 6) is 1.53. The van der Waals surface area contributed by atoms with Gasteiger partial charge in [0.1, 0.15) is 0 Å². The number of aryl methyl sites for hydroxylation is 1. The Balaban J connectivity index is 2.19. The average molecular weight is 306 g/mol. The molecule has 0 fully saturated rings. The number of anilines is 1. The van der Waals surface area contributed by atoms with Crippen molar-refractivity contribution in [1.29, 1.82) is 0 Å². The number of aromatic nitrogens is 2. The van der Waals surface area contributed by atoms with Crippen molar-refractivity contribution < 1.29 is 4.74 Å². The summed E-state index contributed by atoms with van der Waals surface area (Å²) in [5, 5.41) is 3.27. The highest BCUT2D eigenvalue weighted by atomic mass is 35.5. The highest BCUT2D eigenvalue weighted by Crippen LogP contribution is 2.21. The van der Waals surface area contributed by atoms with Crippen molar-refractivity contribution in [1.82, 2.24) is 9.97 Å². The van der Waals surface area contributed by atoms with Gasteiger partial charge in [-0.2, -0.15) is 4.98 Å². The van der Waals surface area contributed by atoms with Crippen LogP contribution < -0.4 is 10.1 Å². The van der Waals surface area contributed by atoms with Crippen LogP contribution >= 0.6 is 11.6 Å². The molecule has 0 aliphatic heterocycles. The quantitative estimate of drug-likeness (QED) is 0.821. The number of ether oxygens (including phenoxy) is 1. The lowest BCUT2D eigenvalue weighted by atomic mass is 10.1. The van der Waals surface area contributed by atoms with Gasteiger partial charge in [0.25, 0.3) is 0 Å². The molecule has 112 valence electrons. The van der Waals surface area contributed by atoms with Crippen molar-refractivity contribution in [3.63, 3.8) is 0 Å². The molecule has 2 rings (SSSR count). The number of hydrogen-bond acceptors (Lipinski definition) is 4. The van der Waals surface area contributed by atoms with Crippen LogP contribution in [-0.2, 0) is 0 Å². The average Bonchev–Trinajstić information content (AvgIpc) is 2.44. The predicted octanol–water partition coefficient (Wildman–Crippen LogP) is 3.96. The van der Waals surface area contributed by atoms with E-state index in [4.69, 9.17) is 16.3 Å². The van der Waals surface area contributed by atoms with Gasteiger partial charge in [-0.05, 0) is 26.3 Å². The molecule has 1 unspecified atom stereocenters. The van der Waals surface area contributed by atoms with E-state index >= 15 is 0 Å². The first-order chi connectivity index (χ1) is 10.1. The van der Waals surface area contributed by atoms with Gasteiger partial charge in [0.05, 0.1) is 12.1 Å². The number of alkyl halides is 1. The zero-order chi connectivity index (χ0) is 15.2. The molecule has 0 saturated carbocycles. The SMILES string of the molecule is Cc1cc(OC(C)C)nc(NC(CCl)c2ccccc2)n1. The molecular formula is C16H20ClN3O. The molecule has 1 N–H and O–H groups in total. The zero-order valence-corrected chi connectivity index (χ0v) is 13.3. The van der Waals surface area contributed by atoms with Crippen LogP contribution in [0.4, 0.5) is 5.95 Å². The molecule has 1 aromatic carbocycles. The topological polar surface area (TPSA) is 47.0 Å². The lowest BCUT2D eigenvalue weighted by Crippen LogP contribution is -2.15. The summed E-state index contributed by atoms with van der Waals surface area (Å²) >= 11 is 6.07. The summed E-state index contributed by atoms with van der Waals surface area (Å²) < 4.78 is 5.63. The molecule has 0 radical (unpaired) electrons. The van der Waals surface area contributed by atoms with Crippen LogP contribution in [0.1, 0.15) is 31.1 Å². The van der Waals surface area contributed by atoms with Crippen molar-refractivity contribution in [3.8, 4) is 5.88 Å². The molecule has 1 atom stereocenters. The fourth-order valence-electron chi connectivity index (χ4n) is 1.96. The highest BCUT2D eigenvalue weighted by molar-refractivity contribution is 6.18. The van der Waals surface area contributed by atoms with Crippen LogP contribution in [0.3, 0.4) is 0 Å². The van der Waals surface area contributed by atoms with Crippen molar-refractivity contribution in [2.24, 2.45) is 0 Å². The Morgan fingerprint density at radius 2 is 1.90 bits per heavy atom. The Bertz CT molecular complexity index is 575. The number of nitrogens with zero attached hydrogens (tertiary/aromatic N) is 2. The molecule has 5 heteroatoms. The molecule has 0 spiro atoms. The van der Waals surface area contributed by atoms with Crippen LogP contribution in [0.2, 0.25) is 0 Å². The summed E-state index contributed by atoms with van der Waals surface area (Å²) in [6, 6.07) is 11.8. The first-order valence-corrected chi connectivity index (χ1v) is 7.51. The third kappa shape index (κ3) is 4.60. The Labute approximate surface area is 130 Å². The van der Waals surface area contributed by atoms with E-state index in [0.29, 0.717) is 17.7 Å². The molecule has 0 aliphatic carbocycles. The second-order valence-corrected chi connectivity index (χ2v) is 5.41. The second kappa shape index (κ2) is 7.27. The number of nitrogens with one attached hydrogen (secondary N) is 1. The molecule has 0 saturated heterocycles. The van der Waals surface area contributed by atoms with E-state index in [1.165, 1.54) is 0 Å². The van der Waals surface area contributed by atoms with E-state index in [2.05, 4.69) is 15.3 Å². The monoisotopic (exact) mass is 305 g/mol. The van der Waals surface area contributed by atoms with Gasteiger partial charge < -0.3 is 10.1 Å². The Morgan fingerprint density at radius 1 is 1.19 bits per heavy atom. The van der Waals surface area contributed by atoms with Crippen LogP contribution in [0.25, 0.3) is 0 Å². The van der Waals surface area contributed by atoms with Crippen molar-refractivity contribution >= 4 is 17.5 Å². The van der Waals surface area contributed by atoms with E-state index in [1.54, 1.807) is 0 Å². The smallest absolute Gasteiger partial charge is 0.226 e.